The molecule has 2 unspecified atom stereocenters. The molecule has 8 nitrogen and oxygen atoms in total. The molecule has 0 N–H and O–H groups in total. The number of alkyl halides is 1. The van der Waals surface area contributed by atoms with Gasteiger partial charge >= 0.3 is 0 Å². The molecule has 1 aromatic carbocycles. The molecule has 0 amide bonds. The quantitative estimate of drug-likeness (QED) is 0.410. The van der Waals surface area contributed by atoms with E-state index in [1.807, 2.05) is 27.4 Å². The van der Waals surface area contributed by atoms with E-state index >= 15 is 0 Å². The molecule has 1 aliphatic rings. The Balaban J connectivity index is 1.57. The van der Waals surface area contributed by atoms with Crippen molar-refractivity contribution in [2.24, 2.45) is 0 Å². The van der Waals surface area contributed by atoms with Crippen LogP contribution in [0.3, 0.4) is 0 Å². The zero-order chi connectivity index (χ0) is 25.0. The number of anilines is 3. The van der Waals surface area contributed by atoms with E-state index in [0.29, 0.717) is 11.5 Å². The summed E-state index contributed by atoms with van der Waals surface area (Å²) < 4.78 is 47.4. The number of nitrogens with zero attached hydrogens (tertiary/aromatic N) is 4. The van der Waals surface area contributed by atoms with Crippen LogP contribution in [0.2, 0.25) is 0 Å². The molecular formula is C24H28FN4O4PS. The highest BCUT2D eigenvalue weighted by Gasteiger charge is 2.29. The van der Waals surface area contributed by atoms with E-state index in [9.17, 15) is 12.8 Å². The second kappa shape index (κ2) is 10.7. The number of halogens is 1. The van der Waals surface area contributed by atoms with Gasteiger partial charge in [0, 0.05) is 49.5 Å². The maximum atomic E-state index is 13.2. The molecule has 3 heterocycles. The van der Waals surface area contributed by atoms with E-state index in [1.165, 1.54) is 12.5 Å². The van der Waals surface area contributed by atoms with E-state index in [4.69, 9.17) is 9.47 Å². The van der Waals surface area contributed by atoms with Crippen LogP contribution in [0.15, 0.2) is 66.0 Å². The standard InChI is InChI=1S/C24H28FN4O4PS/c1-32-22-9-12-26-16-21(22)29(17-3-5-19(6-4-17)33-24(25)34)18-10-13-28(14-11-18)23-8-7-20(15-27-23)35(2,30)31/h3-9,12,15-16,18,24H,10-11,13-14,34H2,1-2H3. The minimum atomic E-state index is -3.28. The van der Waals surface area contributed by atoms with Gasteiger partial charge in [0.25, 0.3) is 0 Å². The summed E-state index contributed by atoms with van der Waals surface area (Å²) in [7, 11) is 0.313. The van der Waals surface area contributed by atoms with Crippen molar-refractivity contribution in [3.63, 3.8) is 0 Å². The van der Waals surface area contributed by atoms with Crippen LogP contribution in [0.4, 0.5) is 21.6 Å². The first-order valence-electron chi connectivity index (χ1n) is 11.1. The average molecular weight is 519 g/mol. The van der Waals surface area contributed by atoms with Gasteiger partial charge in [-0.05, 0) is 49.2 Å². The molecule has 1 aliphatic heterocycles. The summed E-state index contributed by atoms with van der Waals surface area (Å²) in [5.74, 6) is 1.89. The fraction of sp³-hybridized carbons (Fsp3) is 0.333. The lowest BCUT2D eigenvalue weighted by Gasteiger charge is -2.40. The summed E-state index contributed by atoms with van der Waals surface area (Å²) in [5, 5.41) is 0. The van der Waals surface area contributed by atoms with Gasteiger partial charge in [-0.15, -0.1) is 0 Å². The van der Waals surface area contributed by atoms with Crippen molar-refractivity contribution in [3.05, 3.63) is 61.1 Å². The lowest BCUT2D eigenvalue weighted by atomic mass is 10.0. The second-order valence-corrected chi connectivity index (χ2v) is 10.8. The fourth-order valence-corrected chi connectivity index (χ4v) is 4.94. The highest BCUT2D eigenvalue weighted by atomic mass is 32.2. The highest BCUT2D eigenvalue weighted by Crippen LogP contribution is 2.38. The minimum Gasteiger partial charge on any atom is -0.494 e. The third-order valence-corrected chi connectivity index (χ3v) is 7.14. The van der Waals surface area contributed by atoms with Crippen molar-refractivity contribution in [1.82, 2.24) is 9.97 Å². The number of rotatable bonds is 8. The topological polar surface area (TPSA) is 84.9 Å². The summed E-state index contributed by atoms with van der Waals surface area (Å²) in [4.78, 5) is 13.2. The number of methoxy groups -OCH3 is 1. The number of benzene rings is 1. The van der Waals surface area contributed by atoms with Crippen LogP contribution < -0.4 is 19.3 Å². The monoisotopic (exact) mass is 518 g/mol. The summed E-state index contributed by atoms with van der Waals surface area (Å²) in [5.41, 5.74) is 1.75. The Kier molecular flexibility index (Phi) is 7.72. The van der Waals surface area contributed by atoms with Gasteiger partial charge < -0.3 is 19.3 Å². The van der Waals surface area contributed by atoms with Gasteiger partial charge in [0.05, 0.1) is 18.2 Å². The first-order valence-corrected chi connectivity index (χ1v) is 13.7. The molecular weight excluding hydrogens is 490 g/mol. The Bertz CT molecular complexity index is 1240. The van der Waals surface area contributed by atoms with Crippen LogP contribution in [0.1, 0.15) is 12.8 Å². The molecule has 0 saturated carbocycles. The highest BCUT2D eigenvalue weighted by molar-refractivity contribution is 7.90. The smallest absolute Gasteiger partial charge is 0.249 e. The first-order chi connectivity index (χ1) is 16.8. The minimum absolute atomic E-state index is 0.141. The summed E-state index contributed by atoms with van der Waals surface area (Å²) in [6.07, 6.45) is 6.22. The van der Waals surface area contributed by atoms with E-state index < -0.39 is 15.9 Å². The van der Waals surface area contributed by atoms with Gasteiger partial charge in [0.2, 0.25) is 6.10 Å². The number of ether oxygens (including phenoxy) is 2. The Morgan fingerprint density at radius 2 is 1.83 bits per heavy atom. The van der Waals surface area contributed by atoms with Gasteiger partial charge in [-0.3, -0.25) is 4.98 Å². The summed E-state index contributed by atoms with van der Waals surface area (Å²) in [6.45, 7) is 1.49. The van der Waals surface area contributed by atoms with Crippen molar-refractivity contribution in [3.8, 4) is 11.5 Å². The van der Waals surface area contributed by atoms with E-state index in [0.717, 1.165) is 43.1 Å². The van der Waals surface area contributed by atoms with Crippen LogP contribution in [0.25, 0.3) is 0 Å². The maximum absolute atomic E-state index is 13.2. The maximum Gasteiger partial charge on any atom is 0.249 e. The Labute approximate surface area is 207 Å². The van der Waals surface area contributed by atoms with Crippen molar-refractivity contribution >= 4 is 36.3 Å². The van der Waals surface area contributed by atoms with Gasteiger partial charge in [-0.2, -0.15) is 4.39 Å². The van der Waals surface area contributed by atoms with Crippen molar-refractivity contribution < 1.29 is 22.3 Å². The lowest BCUT2D eigenvalue weighted by Crippen LogP contribution is -2.43. The molecule has 0 bridgehead atoms. The van der Waals surface area contributed by atoms with E-state index in [1.54, 1.807) is 43.8 Å². The van der Waals surface area contributed by atoms with Crippen LogP contribution >= 0.6 is 9.24 Å². The van der Waals surface area contributed by atoms with E-state index in [-0.39, 0.29) is 10.9 Å². The Hall–Kier alpha value is -2.97. The number of hydrogen-bond acceptors (Lipinski definition) is 8. The molecule has 0 aliphatic carbocycles. The SMILES string of the molecule is COc1ccncc1N(c1ccc(OC(F)P)cc1)C1CCN(c2ccc(S(C)(=O)=O)cn2)CC1. The van der Waals surface area contributed by atoms with Crippen molar-refractivity contribution in [2.45, 2.75) is 29.9 Å². The van der Waals surface area contributed by atoms with Gasteiger partial charge in [0.15, 0.2) is 9.84 Å². The average Bonchev–Trinajstić information content (AvgIpc) is 2.85. The van der Waals surface area contributed by atoms with Crippen molar-refractivity contribution in [2.75, 3.05) is 36.3 Å². The molecule has 0 radical (unpaired) electrons. The van der Waals surface area contributed by atoms with E-state index in [2.05, 4.69) is 19.8 Å². The largest absolute Gasteiger partial charge is 0.494 e. The molecule has 1 saturated heterocycles. The molecule has 35 heavy (non-hydrogen) atoms. The third kappa shape index (κ3) is 6.00. The zero-order valence-corrected chi connectivity index (χ0v) is 21.5. The third-order valence-electron chi connectivity index (χ3n) is 5.91. The van der Waals surface area contributed by atoms with Gasteiger partial charge in [-0.25, -0.2) is 13.4 Å². The predicted molar refractivity (Wildman–Crippen MR) is 137 cm³/mol. The summed E-state index contributed by atoms with van der Waals surface area (Å²) in [6, 6.07) is 12.6. The van der Waals surface area contributed by atoms with Crippen LogP contribution in [-0.2, 0) is 9.84 Å². The molecule has 4 rings (SSSR count). The Morgan fingerprint density at radius 3 is 2.40 bits per heavy atom. The normalized spacial score (nSPS) is 15.5. The van der Waals surface area contributed by atoms with Crippen LogP contribution in [-0.4, -0.2) is 57.0 Å². The molecule has 186 valence electrons. The summed E-state index contributed by atoms with van der Waals surface area (Å²) >= 11 is 0. The molecule has 11 heteroatoms. The zero-order valence-electron chi connectivity index (χ0n) is 19.5. The lowest BCUT2D eigenvalue weighted by molar-refractivity contribution is 0.153. The molecule has 3 aromatic rings. The molecule has 0 spiro atoms. The van der Waals surface area contributed by atoms with Gasteiger partial charge in [0.1, 0.15) is 23.0 Å². The fourth-order valence-electron chi connectivity index (χ4n) is 4.22. The first kappa shape index (κ1) is 25.1. The number of sulfone groups is 1. The number of piperidine rings is 1. The molecule has 2 aromatic heterocycles. The van der Waals surface area contributed by atoms with Crippen molar-refractivity contribution in [1.29, 1.82) is 0 Å². The number of hydrogen-bond donors (Lipinski definition) is 0. The second-order valence-electron chi connectivity index (χ2n) is 8.22. The molecule has 2 atom stereocenters. The van der Waals surface area contributed by atoms with Gasteiger partial charge in [-0.1, -0.05) is 9.24 Å². The van der Waals surface area contributed by atoms with Crippen LogP contribution in [0.5, 0.6) is 11.5 Å². The molecule has 1 fully saturated rings. The number of aromatic nitrogens is 2. The predicted octanol–water partition coefficient (Wildman–Crippen LogP) is 4.20. The Morgan fingerprint density at radius 1 is 1.11 bits per heavy atom. The van der Waals surface area contributed by atoms with Crippen LogP contribution in [0, 0.1) is 0 Å². The number of pyridine rings is 2.